The van der Waals surface area contributed by atoms with E-state index in [0.29, 0.717) is 16.3 Å². The van der Waals surface area contributed by atoms with Crippen molar-refractivity contribution in [1.82, 2.24) is 4.98 Å². The largest absolute Gasteiger partial charge is 0.487 e. The Morgan fingerprint density at radius 1 is 1.12 bits per heavy atom. The molecule has 8 heteroatoms. The van der Waals surface area contributed by atoms with Gasteiger partial charge in [-0.1, -0.05) is 24.3 Å². The number of nitrogens with two attached hydrogens (primary N) is 1. The van der Waals surface area contributed by atoms with Crippen LogP contribution >= 0.6 is 11.3 Å². The summed E-state index contributed by atoms with van der Waals surface area (Å²) in [5.74, 6) is -0.756. The highest BCUT2D eigenvalue weighted by Gasteiger charge is 2.34. The zero-order valence-electron chi connectivity index (χ0n) is 13.3. The number of alkyl halides is 3. The van der Waals surface area contributed by atoms with Gasteiger partial charge < -0.3 is 10.5 Å². The maximum Gasteiger partial charge on any atom is 0.419 e. The molecule has 0 fully saturated rings. The molecule has 1 aromatic heterocycles. The van der Waals surface area contributed by atoms with Crippen molar-refractivity contribution < 1.29 is 22.7 Å². The van der Waals surface area contributed by atoms with E-state index in [-0.39, 0.29) is 12.4 Å². The van der Waals surface area contributed by atoms with Crippen LogP contribution in [0.25, 0.3) is 10.6 Å². The highest BCUT2D eigenvalue weighted by atomic mass is 32.1. The van der Waals surface area contributed by atoms with Gasteiger partial charge in [-0.05, 0) is 24.3 Å². The van der Waals surface area contributed by atoms with E-state index in [2.05, 4.69) is 4.98 Å². The molecule has 3 aromatic rings. The molecule has 0 radical (unpaired) electrons. The van der Waals surface area contributed by atoms with E-state index < -0.39 is 17.6 Å². The van der Waals surface area contributed by atoms with Gasteiger partial charge in [-0.15, -0.1) is 11.3 Å². The van der Waals surface area contributed by atoms with Crippen molar-refractivity contribution in [2.45, 2.75) is 12.8 Å². The van der Waals surface area contributed by atoms with Gasteiger partial charge in [0.15, 0.2) is 0 Å². The molecule has 0 aliphatic heterocycles. The first-order valence-corrected chi connectivity index (χ1v) is 8.36. The molecule has 4 nitrogen and oxygen atoms in total. The normalized spacial score (nSPS) is 11.3. The minimum absolute atomic E-state index is 0.0804. The number of hydrogen-bond acceptors (Lipinski definition) is 4. The van der Waals surface area contributed by atoms with Gasteiger partial charge in [-0.2, -0.15) is 13.2 Å². The van der Waals surface area contributed by atoms with Gasteiger partial charge in [0.05, 0.1) is 11.3 Å². The number of primary amides is 1. The average Bonchev–Trinajstić information content (AvgIpc) is 3.08. The molecule has 3 rings (SSSR count). The fourth-order valence-corrected chi connectivity index (χ4v) is 3.07. The summed E-state index contributed by atoms with van der Waals surface area (Å²) in [6.07, 6.45) is -4.48. The number of para-hydroxylation sites is 1. The molecule has 1 heterocycles. The SMILES string of the molecule is NC(=O)c1ccc(-c2nc(COc3ccccc3C(F)(F)F)cs2)cc1. The molecule has 26 heavy (non-hydrogen) atoms. The molecule has 1 amide bonds. The first kappa shape index (κ1) is 17.9. The summed E-state index contributed by atoms with van der Waals surface area (Å²) < 4.78 is 44.2. The maximum atomic E-state index is 13.0. The predicted octanol–water partition coefficient (Wildman–Crippen LogP) is 4.51. The second-order valence-corrected chi connectivity index (χ2v) is 6.23. The Kier molecular flexibility index (Phi) is 4.94. The third-order valence-corrected chi connectivity index (χ3v) is 4.48. The standard InChI is InChI=1S/C18H13F3N2O2S/c19-18(20,21)14-3-1-2-4-15(14)25-9-13-10-26-17(23-13)12-7-5-11(6-8-12)16(22)24/h1-8,10H,9H2,(H2,22,24). The third-order valence-electron chi connectivity index (χ3n) is 3.54. The minimum atomic E-state index is -4.48. The Morgan fingerprint density at radius 2 is 1.81 bits per heavy atom. The molecule has 2 N–H and O–H groups in total. The first-order valence-electron chi connectivity index (χ1n) is 7.48. The van der Waals surface area contributed by atoms with E-state index in [9.17, 15) is 18.0 Å². The summed E-state index contributed by atoms with van der Waals surface area (Å²) in [5, 5.41) is 2.39. The van der Waals surface area contributed by atoms with Crippen LogP contribution in [-0.4, -0.2) is 10.9 Å². The number of carbonyl (C=O) groups excluding carboxylic acids is 1. The second kappa shape index (κ2) is 7.17. The van der Waals surface area contributed by atoms with Crippen LogP contribution in [-0.2, 0) is 12.8 Å². The van der Waals surface area contributed by atoms with Crippen LogP contribution in [0.2, 0.25) is 0 Å². The lowest BCUT2D eigenvalue weighted by molar-refractivity contribution is -0.139. The lowest BCUT2D eigenvalue weighted by Crippen LogP contribution is -2.10. The van der Waals surface area contributed by atoms with E-state index >= 15 is 0 Å². The Hall–Kier alpha value is -2.87. The van der Waals surface area contributed by atoms with Gasteiger partial charge in [-0.25, -0.2) is 4.98 Å². The number of thiazole rings is 1. The zero-order valence-corrected chi connectivity index (χ0v) is 14.1. The number of hydrogen-bond donors (Lipinski definition) is 1. The molecule has 0 bridgehead atoms. The molecule has 0 atom stereocenters. The Morgan fingerprint density at radius 3 is 2.46 bits per heavy atom. The highest BCUT2D eigenvalue weighted by molar-refractivity contribution is 7.13. The third kappa shape index (κ3) is 4.02. The summed E-state index contributed by atoms with van der Waals surface area (Å²) in [6.45, 7) is -0.0804. The van der Waals surface area contributed by atoms with Crippen LogP contribution in [0, 0.1) is 0 Å². The molecular weight excluding hydrogens is 365 g/mol. The van der Waals surface area contributed by atoms with Crippen molar-refractivity contribution in [3.8, 4) is 16.3 Å². The molecule has 0 saturated heterocycles. The minimum Gasteiger partial charge on any atom is -0.487 e. The number of rotatable bonds is 5. The van der Waals surface area contributed by atoms with Crippen molar-refractivity contribution in [3.05, 3.63) is 70.7 Å². The number of benzene rings is 2. The van der Waals surface area contributed by atoms with Gasteiger partial charge in [0.1, 0.15) is 17.4 Å². The van der Waals surface area contributed by atoms with Gasteiger partial charge in [0.2, 0.25) is 5.91 Å². The molecule has 0 saturated carbocycles. The number of amides is 1. The van der Waals surface area contributed by atoms with Gasteiger partial charge in [0, 0.05) is 16.5 Å². The summed E-state index contributed by atoms with van der Waals surface area (Å²) in [4.78, 5) is 15.4. The van der Waals surface area contributed by atoms with Gasteiger partial charge in [-0.3, -0.25) is 4.79 Å². The van der Waals surface area contributed by atoms with Crippen LogP contribution in [0.1, 0.15) is 21.6 Å². The topological polar surface area (TPSA) is 65.2 Å². The zero-order chi connectivity index (χ0) is 18.7. The molecular formula is C18H13F3N2O2S. The quantitative estimate of drug-likeness (QED) is 0.711. The van der Waals surface area contributed by atoms with Crippen LogP contribution < -0.4 is 10.5 Å². The number of nitrogens with zero attached hydrogens (tertiary/aromatic N) is 1. The van der Waals surface area contributed by atoms with Crippen molar-refractivity contribution in [1.29, 1.82) is 0 Å². The lowest BCUT2D eigenvalue weighted by atomic mass is 10.1. The van der Waals surface area contributed by atoms with Crippen LogP contribution in [0.5, 0.6) is 5.75 Å². The smallest absolute Gasteiger partial charge is 0.419 e. The van der Waals surface area contributed by atoms with Gasteiger partial charge >= 0.3 is 6.18 Å². The molecule has 0 aliphatic rings. The Balaban J connectivity index is 1.73. The number of halogens is 3. The molecule has 2 aromatic carbocycles. The molecule has 134 valence electrons. The summed E-state index contributed by atoms with van der Waals surface area (Å²) in [6, 6.07) is 11.7. The van der Waals surface area contributed by atoms with Crippen molar-refractivity contribution in [2.24, 2.45) is 5.73 Å². The molecule has 0 aliphatic carbocycles. The fourth-order valence-electron chi connectivity index (χ4n) is 2.26. The number of ether oxygens (including phenoxy) is 1. The first-order chi connectivity index (χ1) is 12.3. The summed E-state index contributed by atoms with van der Waals surface area (Å²) in [5.41, 5.74) is 6.05. The lowest BCUT2D eigenvalue weighted by Gasteiger charge is -2.12. The second-order valence-electron chi connectivity index (χ2n) is 5.37. The van der Waals surface area contributed by atoms with Crippen LogP contribution in [0.3, 0.4) is 0 Å². The van der Waals surface area contributed by atoms with E-state index in [0.717, 1.165) is 11.6 Å². The summed E-state index contributed by atoms with van der Waals surface area (Å²) in [7, 11) is 0. The van der Waals surface area contributed by atoms with Crippen molar-refractivity contribution in [2.75, 3.05) is 0 Å². The Bertz CT molecular complexity index is 921. The van der Waals surface area contributed by atoms with E-state index in [1.54, 1.807) is 29.6 Å². The van der Waals surface area contributed by atoms with Crippen molar-refractivity contribution >= 4 is 17.2 Å². The summed E-state index contributed by atoms with van der Waals surface area (Å²) >= 11 is 1.33. The van der Waals surface area contributed by atoms with E-state index in [1.165, 1.54) is 29.5 Å². The van der Waals surface area contributed by atoms with Crippen LogP contribution in [0.4, 0.5) is 13.2 Å². The number of aromatic nitrogens is 1. The monoisotopic (exact) mass is 378 g/mol. The fraction of sp³-hybridized carbons (Fsp3) is 0.111. The highest BCUT2D eigenvalue weighted by Crippen LogP contribution is 2.36. The molecule has 0 spiro atoms. The maximum absolute atomic E-state index is 13.0. The predicted molar refractivity (Wildman–Crippen MR) is 91.8 cm³/mol. The van der Waals surface area contributed by atoms with Crippen molar-refractivity contribution in [3.63, 3.8) is 0 Å². The van der Waals surface area contributed by atoms with E-state index in [4.69, 9.17) is 10.5 Å². The average molecular weight is 378 g/mol. The Labute approximate surface area is 151 Å². The molecule has 0 unspecified atom stereocenters. The van der Waals surface area contributed by atoms with E-state index in [1.807, 2.05) is 0 Å². The van der Waals surface area contributed by atoms with Gasteiger partial charge in [0.25, 0.3) is 0 Å². The van der Waals surface area contributed by atoms with Crippen LogP contribution in [0.15, 0.2) is 53.9 Å². The number of carbonyl (C=O) groups is 1.